The molecule has 2 heterocycles. The largest absolute Gasteiger partial charge is 0.480 e. The van der Waals surface area contributed by atoms with Gasteiger partial charge in [-0.25, -0.2) is 9.78 Å². The molecule has 1 aliphatic rings. The monoisotopic (exact) mass is 335 g/mol. The summed E-state index contributed by atoms with van der Waals surface area (Å²) in [5, 5.41) is 10.6. The predicted molar refractivity (Wildman–Crippen MR) is 92.2 cm³/mol. The number of rotatable bonds is 4. The van der Waals surface area contributed by atoms with E-state index < -0.39 is 12.0 Å². The van der Waals surface area contributed by atoms with E-state index in [0.717, 1.165) is 26.8 Å². The Hall–Kier alpha value is -1.44. The zero-order chi connectivity index (χ0) is 15.9. The first kappa shape index (κ1) is 15.5. The zero-order valence-corrected chi connectivity index (χ0v) is 14.3. The molecule has 1 N–H and O–H groups in total. The fourth-order valence-electron chi connectivity index (χ4n) is 2.42. The van der Waals surface area contributed by atoms with E-state index in [4.69, 9.17) is 10.1 Å². The molecule has 1 aliphatic heterocycles. The van der Waals surface area contributed by atoms with E-state index in [-0.39, 0.29) is 0 Å². The number of hydrogen-bond acceptors (Lipinski definition) is 6. The molecule has 0 aliphatic carbocycles. The van der Waals surface area contributed by atoms with Gasteiger partial charge in [0.05, 0.1) is 10.2 Å². The topological polar surface area (TPSA) is 65.8 Å². The molecule has 0 radical (unpaired) electrons. The number of aliphatic imine (C=N–C) groups is 1. The Morgan fingerprint density at radius 1 is 1.45 bits per heavy atom. The first-order valence-corrected chi connectivity index (χ1v) is 8.73. The highest BCUT2D eigenvalue weighted by molar-refractivity contribution is 8.15. The SMILES string of the molecule is Cc1cc(CN(C)C)c2nc(C3=N[C@@H](C(=O)O)CS3)sc2c1. The minimum atomic E-state index is -0.868. The Bertz CT molecular complexity index is 767. The number of carboxylic acids is 1. The Morgan fingerprint density at radius 3 is 2.86 bits per heavy atom. The second-order valence-corrected chi connectivity index (χ2v) is 7.67. The highest BCUT2D eigenvalue weighted by Gasteiger charge is 2.27. The molecule has 7 heteroatoms. The standard InChI is InChI=1S/C15H17N3O2S2/c1-8-4-9(6-18(2)3)12-11(5-8)22-14(17-12)13-16-10(7-21-13)15(19)20/h4-5,10H,6-7H2,1-3H3,(H,19,20)/t10-/m1/s1. The van der Waals surface area contributed by atoms with Gasteiger partial charge in [-0.1, -0.05) is 6.07 Å². The maximum atomic E-state index is 11.0. The van der Waals surface area contributed by atoms with Gasteiger partial charge in [-0.05, 0) is 38.2 Å². The summed E-state index contributed by atoms with van der Waals surface area (Å²) in [5.41, 5.74) is 3.41. The average molecular weight is 335 g/mol. The molecule has 0 unspecified atom stereocenters. The van der Waals surface area contributed by atoms with Crippen LogP contribution >= 0.6 is 23.1 Å². The van der Waals surface area contributed by atoms with E-state index in [1.807, 2.05) is 14.1 Å². The number of thioether (sulfide) groups is 1. The van der Waals surface area contributed by atoms with Crippen LogP contribution in [0.2, 0.25) is 0 Å². The number of nitrogens with zero attached hydrogens (tertiary/aromatic N) is 3. The van der Waals surface area contributed by atoms with Crippen molar-refractivity contribution in [2.24, 2.45) is 4.99 Å². The number of benzene rings is 1. The normalized spacial score (nSPS) is 18.2. The number of thiazole rings is 1. The van der Waals surface area contributed by atoms with Crippen molar-refractivity contribution in [3.8, 4) is 0 Å². The molecule has 22 heavy (non-hydrogen) atoms. The highest BCUT2D eigenvalue weighted by atomic mass is 32.2. The van der Waals surface area contributed by atoms with Crippen LogP contribution in [0.4, 0.5) is 0 Å². The number of hydrogen-bond donors (Lipinski definition) is 1. The van der Waals surface area contributed by atoms with Crippen molar-refractivity contribution in [2.75, 3.05) is 19.8 Å². The van der Waals surface area contributed by atoms with Crippen LogP contribution < -0.4 is 0 Å². The molecular weight excluding hydrogens is 318 g/mol. The van der Waals surface area contributed by atoms with Gasteiger partial charge in [0, 0.05) is 12.3 Å². The summed E-state index contributed by atoms with van der Waals surface area (Å²) in [6.07, 6.45) is 0. The van der Waals surface area contributed by atoms with Gasteiger partial charge in [0.15, 0.2) is 6.04 Å². The summed E-state index contributed by atoms with van der Waals surface area (Å²) in [4.78, 5) is 22.2. The van der Waals surface area contributed by atoms with Gasteiger partial charge >= 0.3 is 5.97 Å². The summed E-state index contributed by atoms with van der Waals surface area (Å²) in [7, 11) is 4.08. The van der Waals surface area contributed by atoms with Crippen LogP contribution in [0, 0.1) is 6.92 Å². The van der Waals surface area contributed by atoms with Crippen LogP contribution in [0.25, 0.3) is 10.2 Å². The summed E-state index contributed by atoms with van der Waals surface area (Å²) in [6.45, 7) is 2.92. The minimum absolute atomic E-state index is 0.490. The lowest BCUT2D eigenvalue weighted by Crippen LogP contribution is -2.17. The lowest BCUT2D eigenvalue weighted by Gasteiger charge is -2.10. The molecule has 1 aromatic carbocycles. The fraction of sp³-hybridized carbons (Fsp3) is 0.400. The van der Waals surface area contributed by atoms with Crippen LogP contribution in [-0.4, -0.2) is 51.9 Å². The van der Waals surface area contributed by atoms with Crippen LogP contribution in [0.15, 0.2) is 17.1 Å². The average Bonchev–Trinajstić information content (AvgIpc) is 3.02. The molecule has 0 saturated heterocycles. The number of aryl methyl sites for hydroxylation is 1. The van der Waals surface area contributed by atoms with Crippen molar-refractivity contribution in [2.45, 2.75) is 19.5 Å². The number of carboxylic acid groups (broad SMARTS) is 1. The van der Waals surface area contributed by atoms with E-state index in [0.29, 0.717) is 5.75 Å². The third kappa shape index (κ3) is 3.02. The molecule has 116 valence electrons. The Kier molecular flexibility index (Phi) is 4.20. The molecule has 5 nitrogen and oxygen atoms in total. The first-order chi connectivity index (χ1) is 10.4. The lowest BCUT2D eigenvalue weighted by atomic mass is 10.1. The molecule has 2 aromatic rings. The van der Waals surface area contributed by atoms with Crippen LogP contribution in [-0.2, 0) is 11.3 Å². The van der Waals surface area contributed by atoms with Crippen molar-refractivity contribution in [1.29, 1.82) is 0 Å². The van der Waals surface area contributed by atoms with Gasteiger partial charge in [0.1, 0.15) is 10.1 Å². The number of aliphatic carboxylic acids is 1. The molecule has 3 rings (SSSR count). The van der Waals surface area contributed by atoms with Gasteiger partial charge in [-0.15, -0.1) is 23.1 Å². The third-order valence-corrected chi connectivity index (χ3v) is 5.52. The third-order valence-electron chi connectivity index (χ3n) is 3.32. The smallest absolute Gasteiger partial charge is 0.329 e. The van der Waals surface area contributed by atoms with Gasteiger partial charge in [0.2, 0.25) is 0 Å². The molecular formula is C15H17N3O2S2. The Labute approximate surface area is 137 Å². The van der Waals surface area contributed by atoms with Crippen molar-refractivity contribution >= 4 is 44.3 Å². The Morgan fingerprint density at radius 2 is 2.23 bits per heavy atom. The quantitative estimate of drug-likeness (QED) is 0.930. The number of fused-ring (bicyclic) bond motifs is 1. The maximum absolute atomic E-state index is 11.0. The van der Waals surface area contributed by atoms with Crippen LogP contribution in [0.3, 0.4) is 0 Å². The van der Waals surface area contributed by atoms with Crippen molar-refractivity contribution in [3.05, 3.63) is 28.3 Å². The predicted octanol–water partition coefficient (Wildman–Crippen LogP) is 2.61. The van der Waals surface area contributed by atoms with Crippen LogP contribution in [0.5, 0.6) is 0 Å². The van der Waals surface area contributed by atoms with Crippen molar-refractivity contribution in [1.82, 2.24) is 9.88 Å². The summed E-state index contributed by atoms with van der Waals surface area (Å²) < 4.78 is 1.13. The molecule has 0 saturated carbocycles. The molecule has 1 aromatic heterocycles. The number of aromatic nitrogens is 1. The van der Waals surface area contributed by atoms with E-state index in [1.54, 1.807) is 11.3 Å². The first-order valence-electron chi connectivity index (χ1n) is 6.92. The van der Waals surface area contributed by atoms with Gasteiger partial charge in [-0.2, -0.15) is 0 Å². The lowest BCUT2D eigenvalue weighted by molar-refractivity contribution is -0.137. The minimum Gasteiger partial charge on any atom is -0.480 e. The van der Waals surface area contributed by atoms with Gasteiger partial charge in [-0.3, -0.25) is 4.99 Å². The molecule has 0 spiro atoms. The van der Waals surface area contributed by atoms with E-state index in [2.05, 4.69) is 28.9 Å². The molecule has 0 fully saturated rings. The van der Waals surface area contributed by atoms with E-state index >= 15 is 0 Å². The highest BCUT2D eigenvalue weighted by Crippen LogP contribution is 2.32. The summed E-state index contributed by atoms with van der Waals surface area (Å²) in [6, 6.07) is 3.65. The van der Waals surface area contributed by atoms with Gasteiger partial charge in [0.25, 0.3) is 0 Å². The van der Waals surface area contributed by atoms with E-state index in [9.17, 15) is 4.79 Å². The second-order valence-electron chi connectivity index (χ2n) is 5.63. The Balaban J connectivity index is 2.03. The summed E-state index contributed by atoms with van der Waals surface area (Å²) in [5.74, 6) is -0.378. The van der Waals surface area contributed by atoms with E-state index in [1.165, 1.54) is 22.9 Å². The maximum Gasteiger partial charge on any atom is 0.329 e. The molecule has 0 amide bonds. The fourth-order valence-corrected chi connectivity index (χ4v) is 4.63. The number of carbonyl (C=O) groups is 1. The second kappa shape index (κ2) is 5.98. The molecule has 1 atom stereocenters. The summed E-state index contributed by atoms with van der Waals surface area (Å²) >= 11 is 3.07. The van der Waals surface area contributed by atoms with Crippen LogP contribution in [0.1, 0.15) is 16.1 Å². The van der Waals surface area contributed by atoms with Gasteiger partial charge < -0.3 is 10.0 Å². The zero-order valence-electron chi connectivity index (χ0n) is 12.7. The van der Waals surface area contributed by atoms with Crippen molar-refractivity contribution in [3.63, 3.8) is 0 Å². The molecule has 0 bridgehead atoms. The van der Waals surface area contributed by atoms with Crippen molar-refractivity contribution < 1.29 is 9.90 Å².